The van der Waals surface area contributed by atoms with E-state index in [4.69, 9.17) is 27.9 Å². The molecule has 2 aromatic carbocycles. The molecule has 0 saturated carbocycles. The number of hydrogen-bond donors (Lipinski definition) is 1. The van der Waals surface area contributed by atoms with Crippen molar-refractivity contribution in [1.82, 2.24) is 9.62 Å². The minimum Gasteiger partial charge on any atom is -0.379 e. The molecule has 0 radical (unpaired) electrons. The highest BCUT2D eigenvalue weighted by atomic mass is 35.5. The van der Waals surface area contributed by atoms with Crippen molar-refractivity contribution in [2.75, 3.05) is 26.3 Å². The average Bonchev–Trinajstić information content (AvgIpc) is 2.68. The molecule has 9 heteroatoms. The van der Waals surface area contributed by atoms with Crippen LogP contribution in [0.1, 0.15) is 34.5 Å². The lowest BCUT2D eigenvalue weighted by atomic mass is 10.1. The van der Waals surface area contributed by atoms with E-state index in [0.29, 0.717) is 47.5 Å². The van der Waals surface area contributed by atoms with Crippen LogP contribution < -0.4 is 5.32 Å². The van der Waals surface area contributed by atoms with Crippen molar-refractivity contribution in [3.8, 4) is 0 Å². The van der Waals surface area contributed by atoms with Crippen molar-refractivity contribution < 1.29 is 17.9 Å². The molecule has 6 nitrogen and oxygen atoms in total. The summed E-state index contributed by atoms with van der Waals surface area (Å²) in [6.07, 6.45) is 0. The Kier molecular flexibility index (Phi) is 6.86. The highest BCUT2D eigenvalue weighted by Gasteiger charge is 2.27. The molecule has 1 N–H and O–H groups in total. The predicted molar refractivity (Wildman–Crippen MR) is 113 cm³/mol. The van der Waals surface area contributed by atoms with Gasteiger partial charge in [0.25, 0.3) is 5.91 Å². The van der Waals surface area contributed by atoms with Gasteiger partial charge in [-0.2, -0.15) is 4.31 Å². The molecule has 1 fully saturated rings. The SMILES string of the molecule is Cc1ccc(S(=O)(=O)N2CCOCC2)cc1C(=O)N[C@H](C)c1ccc(Cl)cc1Cl. The molecule has 2 aromatic rings. The molecule has 1 saturated heterocycles. The van der Waals surface area contributed by atoms with Gasteiger partial charge in [0.05, 0.1) is 24.2 Å². The number of benzene rings is 2. The van der Waals surface area contributed by atoms with Crippen LogP contribution in [0, 0.1) is 6.92 Å². The number of aryl methyl sites for hydroxylation is 1. The monoisotopic (exact) mass is 456 g/mol. The molecular formula is C20H22Cl2N2O4S. The summed E-state index contributed by atoms with van der Waals surface area (Å²) >= 11 is 12.2. The average molecular weight is 457 g/mol. The van der Waals surface area contributed by atoms with Gasteiger partial charge in [0.15, 0.2) is 0 Å². The minimum atomic E-state index is -3.69. The number of amides is 1. The maximum atomic E-state index is 12.9. The zero-order valence-corrected chi connectivity index (χ0v) is 18.4. The van der Waals surface area contributed by atoms with Gasteiger partial charge in [0, 0.05) is 28.7 Å². The Balaban J connectivity index is 1.84. The summed E-state index contributed by atoms with van der Waals surface area (Å²) in [5, 5.41) is 3.84. The number of halogens is 2. The number of nitrogens with one attached hydrogen (secondary N) is 1. The number of ether oxygens (including phenoxy) is 1. The molecule has 1 heterocycles. The molecule has 0 bridgehead atoms. The smallest absolute Gasteiger partial charge is 0.252 e. The zero-order valence-electron chi connectivity index (χ0n) is 16.1. The van der Waals surface area contributed by atoms with Crippen LogP contribution in [0.25, 0.3) is 0 Å². The Morgan fingerprint density at radius 1 is 1.14 bits per heavy atom. The summed E-state index contributed by atoms with van der Waals surface area (Å²) in [4.78, 5) is 13.0. The van der Waals surface area contributed by atoms with Gasteiger partial charge < -0.3 is 10.1 Å². The van der Waals surface area contributed by atoms with Gasteiger partial charge in [-0.1, -0.05) is 35.3 Å². The molecule has 1 aliphatic heterocycles. The second kappa shape index (κ2) is 9.02. The van der Waals surface area contributed by atoms with Crippen LogP contribution in [-0.4, -0.2) is 44.9 Å². The lowest BCUT2D eigenvalue weighted by molar-refractivity contribution is 0.0730. The number of carbonyl (C=O) groups excluding carboxylic acids is 1. The van der Waals surface area contributed by atoms with Crippen molar-refractivity contribution in [1.29, 1.82) is 0 Å². The number of sulfonamides is 1. The van der Waals surface area contributed by atoms with Gasteiger partial charge in [-0.25, -0.2) is 8.42 Å². The number of carbonyl (C=O) groups is 1. The van der Waals surface area contributed by atoms with E-state index in [0.717, 1.165) is 5.56 Å². The van der Waals surface area contributed by atoms with Crippen molar-refractivity contribution in [3.05, 3.63) is 63.1 Å². The van der Waals surface area contributed by atoms with Crippen LogP contribution in [-0.2, 0) is 14.8 Å². The predicted octanol–water partition coefficient (Wildman–Crippen LogP) is 3.81. The Bertz CT molecular complexity index is 1020. The molecule has 0 aromatic heterocycles. The fourth-order valence-corrected chi connectivity index (χ4v) is 5.15. The van der Waals surface area contributed by atoms with E-state index in [-0.39, 0.29) is 16.8 Å². The molecular weight excluding hydrogens is 435 g/mol. The maximum Gasteiger partial charge on any atom is 0.252 e. The topological polar surface area (TPSA) is 75.7 Å². The van der Waals surface area contributed by atoms with Gasteiger partial charge in [-0.3, -0.25) is 4.79 Å². The van der Waals surface area contributed by atoms with Crippen LogP contribution in [0.4, 0.5) is 0 Å². The molecule has 156 valence electrons. The zero-order chi connectivity index (χ0) is 21.2. The first kappa shape index (κ1) is 22.1. The standard InChI is InChI=1S/C20H22Cl2N2O4S/c1-13-3-5-16(29(26,27)24-7-9-28-10-8-24)12-18(13)20(25)23-14(2)17-6-4-15(21)11-19(17)22/h3-6,11-12,14H,7-10H2,1-2H3,(H,23,25)/t14-/m1/s1. The fourth-order valence-electron chi connectivity index (χ4n) is 3.15. The molecule has 1 amide bonds. The summed E-state index contributed by atoms with van der Waals surface area (Å²) in [5.74, 6) is -0.375. The van der Waals surface area contributed by atoms with E-state index < -0.39 is 10.0 Å². The van der Waals surface area contributed by atoms with Crippen LogP contribution >= 0.6 is 23.2 Å². The molecule has 1 aliphatic rings. The van der Waals surface area contributed by atoms with Crippen molar-refractivity contribution in [2.45, 2.75) is 24.8 Å². The van der Waals surface area contributed by atoms with Gasteiger partial charge in [-0.05, 0) is 49.2 Å². The van der Waals surface area contributed by atoms with Crippen LogP contribution in [0.2, 0.25) is 10.0 Å². The second-order valence-corrected chi connectivity index (χ2v) is 9.64. The van der Waals surface area contributed by atoms with Crippen LogP contribution in [0.3, 0.4) is 0 Å². The summed E-state index contributed by atoms with van der Waals surface area (Å²) in [7, 11) is -3.69. The molecule has 1 atom stereocenters. The first-order valence-electron chi connectivity index (χ1n) is 9.14. The third-order valence-corrected chi connectivity index (χ3v) is 7.30. The maximum absolute atomic E-state index is 12.9. The first-order chi connectivity index (χ1) is 13.7. The Morgan fingerprint density at radius 2 is 1.83 bits per heavy atom. The van der Waals surface area contributed by atoms with Crippen molar-refractivity contribution in [2.24, 2.45) is 0 Å². The highest BCUT2D eigenvalue weighted by Crippen LogP contribution is 2.27. The third kappa shape index (κ3) is 4.92. The lowest BCUT2D eigenvalue weighted by Gasteiger charge is -2.26. The second-order valence-electron chi connectivity index (χ2n) is 6.85. The molecule has 29 heavy (non-hydrogen) atoms. The Morgan fingerprint density at radius 3 is 2.48 bits per heavy atom. The quantitative estimate of drug-likeness (QED) is 0.741. The van der Waals surface area contributed by atoms with Gasteiger partial charge in [-0.15, -0.1) is 0 Å². The summed E-state index contributed by atoms with van der Waals surface area (Å²) in [6, 6.07) is 9.27. The molecule has 3 rings (SSSR count). The van der Waals surface area contributed by atoms with E-state index in [9.17, 15) is 13.2 Å². The molecule has 0 aliphatic carbocycles. The normalized spacial score (nSPS) is 16.4. The van der Waals surface area contributed by atoms with Gasteiger partial charge in [0.2, 0.25) is 10.0 Å². The fraction of sp³-hybridized carbons (Fsp3) is 0.350. The van der Waals surface area contributed by atoms with Crippen LogP contribution in [0.15, 0.2) is 41.3 Å². The largest absolute Gasteiger partial charge is 0.379 e. The third-order valence-electron chi connectivity index (χ3n) is 4.84. The summed E-state index contributed by atoms with van der Waals surface area (Å²) < 4.78 is 32.4. The van der Waals surface area contributed by atoms with E-state index in [1.54, 1.807) is 38.1 Å². The lowest BCUT2D eigenvalue weighted by Crippen LogP contribution is -2.40. The highest BCUT2D eigenvalue weighted by molar-refractivity contribution is 7.89. The number of nitrogens with zero attached hydrogens (tertiary/aromatic N) is 1. The number of rotatable bonds is 5. The van der Waals surface area contributed by atoms with Crippen molar-refractivity contribution in [3.63, 3.8) is 0 Å². The van der Waals surface area contributed by atoms with E-state index >= 15 is 0 Å². The van der Waals surface area contributed by atoms with E-state index in [1.807, 2.05) is 0 Å². The van der Waals surface area contributed by atoms with Crippen LogP contribution in [0.5, 0.6) is 0 Å². The molecule has 0 spiro atoms. The van der Waals surface area contributed by atoms with Crippen molar-refractivity contribution >= 4 is 39.1 Å². The van der Waals surface area contributed by atoms with E-state index in [2.05, 4.69) is 5.32 Å². The first-order valence-corrected chi connectivity index (χ1v) is 11.3. The molecule has 0 unspecified atom stereocenters. The minimum absolute atomic E-state index is 0.0901. The summed E-state index contributed by atoms with van der Waals surface area (Å²) in [6.45, 7) is 4.87. The Hall–Kier alpha value is -1.64. The number of hydrogen-bond acceptors (Lipinski definition) is 4. The van der Waals surface area contributed by atoms with Gasteiger partial charge in [0.1, 0.15) is 0 Å². The number of morpholine rings is 1. The Labute approximate surface area is 180 Å². The van der Waals surface area contributed by atoms with E-state index in [1.165, 1.54) is 16.4 Å². The van der Waals surface area contributed by atoms with Gasteiger partial charge >= 0.3 is 0 Å². The summed E-state index contributed by atoms with van der Waals surface area (Å²) in [5.41, 5.74) is 1.70.